The van der Waals surface area contributed by atoms with E-state index in [0.29, 0.717) is 31.4 Å². The molecule has 0 atom stereocenters. The molecule has 0 fully saturated rings. The third-order valence-electron chi connectivity index (χ3n) is 6.76. The zero-order valence-electron chi connectivity index (χ0n) is 22.8. The summed E-state index contributed by atoms with van der Waals surface area (Å²) in [6.45, 7) is 4.30. The van der Waals surface area contributed by atoms with E-state index in [1.54, 1.807) is 0 Å². The highest BCUT2D eigenvalue weighted by molar-refractivity contribution is 7.90. The summed E-state index contributed by atoms with van der Waals surface area (Å²) in [7, 11) is -4.13. The van der Waals surface area contributed by atoms with Crippen LogP contribution in [0.15, 0.2) is 71.1 Å². The summed E-state index contributed by atoms with van der Waals surface area (Å²) in [4.78, 5) is 25.3. The highest BCUT2D eigenvalue weighted by atomic mass is 35.5. The predicted octanol–water partition coefficient (Wildman–Crippen LogP) is 5.01. The van der Waals surface area contributed by atoms with Gasteiger partial charge in [-0.25, -0.2) is 13.1 Å². The molecule has 0 unspecified atom stereocenters. The van der Waals surface area contributed by atoms with Crippen LogP contribution in [0.1, 0.15) is 47.1 Å². The van der Waals surface area contributed by atoms with E-state index in [1.165, 1.54) is 24.3 Å². The minimum Gasteiger partial charge on any atom is -0.494 e. The van der Waals surface area contributed by atoms with Crippen molar-refractivity contribution in [1.82, 2.24) is 10.0 Å². The van der Waals surface area contributed by atoms with Gasteiger partial charge in [-0.15, -0.1) is 0 Å². The second-order valence-electron chi connectivity index (χ2n) is 9.79. The van der Waals surface area contributed by atoms with Crippen molar-refractivity contribution in [3.63, 3.8) is 0 Å². The number of fused-ring (bicyclic) bond motifs is 1. The molecule has 4 rings (SSSR count). The summed E-state index contributed by atoms with van der Waals surface area (Å²) in [5, 5.41) is 12.5. The molecule has 212 valence electrons. The number of amides is 2. The molecule has 3 aromatic rings. The van der Waals surface area contributed by atoms with E-state index in [-0.39, 0.29) is 29.3 Å². The zero-order valence-corrected chi connectivity index (χ0v) is 24.4. The highest BCUT2D eigenvalue weighted by Crippen LogP contribution is 2.36. The van der Waals surface area contributed by atoms with E-state index in [2.05, 4.69) is 5.32 Å². The Balaban J connectivity index is 1.34. The van der Waals surface area contributed by atoms with Gasteiger partial charge < -0.3 is 10.1 Å². The Bertz CT molecular complexity index is 1650. The summed E-state index contributed by atoms with van der Waals surface area (Å²) in [5.74, 6) is -0.305. The van der Waals surface area contributed by atoms with Gasteiger partial charge in [0.15, 0.2) is 0 Å². The molecule has 0 heterocycles. The number of halogens is 1. The molecule has 41 heavy (non-hydrogen) atoms. The van der Waals surface area contributed by atoms with Crippen molar-refractivity contribution in [2.45, 2.75) is 44.4 Å². The van der Waals surface area contributed by atoms with E-state index in [1.807, 2.05) is 61.0 Å². The summed E-state index contributed by atoms with van der Waals surface area (Å²) in [6.07, 6.45) is 1.57. The van der Waals surface area contributed by atoms with E-state index >= 15 is 0 Å². The van der Waals surface area contributed by atoms with Gasteiger partial charge in [-0.05, 0) is 84.8 Å². The Morgan fingerprint density at radius 1 is 1.05 bits per heavy atom. The van der Waals surface area contributed by atoms with Crippen LogP contribution in [0.4, 0.5) is 0 Å². The third-order valence-corrected chi connectivity index (χ3v) is 8.72. The van der Waals surface area contributed by atoms with Crippen molar-refractivity contribution in [1.29, 1.82) is 5.26 Å². The maximum Gasteiger partial charge on any atom is 0.264 e. The molecule has 0 radical (unpaired) electrons. The first-order valence-corrected chi connectivity index (χ1v) is 15.0. The molecular formula is C31H30ClN3O5S. The molecule has 10 heteroatoms. The lowest BCUT2D eigenvalue weighted by Crippen LogP contribution is -2.34. The lowest BCUT2D eigenvalue weighted by Gasteiger charge is -2.12. The van der Waals surface area contributed by atoms with Crippen molar-refractivity contribution in [2.75, 3.05) is 13.2 Å². The van der Waals surface area contributed by atoms with Crippen LogP contribution in [-0.4, -0.2) is 33.4 Å². The van der Waals surface area contributed by atoms with Crippen molar-refractivity contribution in [3.8, 4) is 11.8 Å². The van der Waals surface area contributed by atoms with Crippen LogP contribution >= 0.6 is 11.6 Å². The van der Waals surface area contributed by atoms with Gasteiger partial charge in [-0.3, -0.25) is 9.59 Å². The van der Waals surface area contributed by atoms with Crippen LogP contribution < -0.4 is 14.8 Å². The Morgan fingerprint density at radius 2 is 1.78 bits per heavy atom. The molecule has 0 saturated carbocycles. The lowest BCUT2D eigenvalue weighted by molar-refractivity contribution is -0.119. The number of ether oxygens (including phenoxy) is 1. The number of carbonyl (C=O) groups excluding carboxylic acids is 2. The number of hydrogen-bond donors (Lipinski definition) is 2. The molecule has 0 bridgehead atoms. The van der Waals surface area contributed by atoms with Gasteiger partial charge in [0, 0.05) is 30.0 Å². The van der Waals surface area contributed by atoms with Crippen LogP contribution in [0.5, 0.6) is 5.75 Å². The van der Waals surface area contributed by atoms with Crippen molar-refractivity contribution >= 4 is 39.0 Å². The van der Waals surface area contributed by atoms with Crippen LogP contribution in [0.3, 0.4) is 0 Å². The number of nitriles is 1. The van der Waals surface area contributed by atoms with Crippen LogP contribution in [0.2, 0.25) is 5.02 Å². The second-order valence-corrected chi connectivity index (χ2v) is 11.8. The average molecular weight is 592 g/mol. The fourth-order valence-corrected chi connectivity index (χ4v) is 5.92. The molecule has 8 nitrogen and oxygen atoms in total. The minimum atomic E-state index is -4.13. The molecular weight excluding hydrogens is 562 g/mol. The Hall–Kier alpha value is -4.13. The maximum atomic E-state index is 13.2. The fraction of sp³-hybridized carbons (Fsp3) is 0.258. The van der Waals surface area contributed by atoms with E-state index in [9.17, 15) is 18.0 Å². The van der Waals surface area contributed by atoms with Crippen LogP contribution in [-0.2, 0) is 26.0 Å². The van der Waals surface area contributed by atoms with E-state index < -0.39 is 15.9 Å². The van der Waals surface area contributed by atoms with Gasteiger partial charge in [0.1, 0.15) is 5.75 Å². The molecule has 0 saturated heterocycles. The summed E-state index contributed by atoms with van der Waals surface area (Å²) in [6, 6.07) is 18.9. The minimum absolute atomic E-state index is 0.0378. The highest BCUT2D eigenvalue weighted by Gasteiger charge is 2.26. The molecule has 1 aliphatic rings. The van der Waals surface area contributed by atoms with Crippen molar-refractivity contribution in [2.24, 2.45) is 0 Å². The molecule has 0 aromatic heterocycles. The quantitative estimate of drug-likeness (QED) is 0.302. The first kappa shape index (κ1) is 29.8. The third kappa shape index (κ3) is 7.34. The Kier molecular flexibility index (Phi) is 9.48. The Labute approximate surface area is 245 Å². The molecule has 0 spiro atoms. The van der Waals surface area contributed by atoms with Gasteiger partial charge >= 0.3 is 0 Å². The normalized spacial score (nSPS) is 12.4. The van der Waals surface area contributed by atoms with E-state index in [0.717, 1.165) is 38.6 Å². The summed E-state index contributed by atoms with van der Waals surface area (Å²) >= 11 is 6.25. The van der Waals surface area contributed by atoms with Crippen molar-refractivity contribution in [3.05, 3.63) is 99.1 Å². The SMILES string of the molecule is Cc1cc(OCCCC2=C(C(=O)NCCC(=O)NS(=O)(=O)c3cccc(C#N)c3)Cc3ccccc32)cc(C)c1Cl. The number of carbonyl (C=O) groups is 2. The predicted molar refractivity (Wildman–Crippen MR) is 157 cm³/mol. The number of nitrogens with one attached hydrogen (secondary N) is 2. The summed E-state index contributed by atoms with van der Waals surface area (Å²) < 4.78 is 32.9. The topological polar surface area (TPSA) is 125 Å². The first-order chi connectivity index (χ1) is 19.6. The fourth-order valence-electron chi connectivity index (χ4n) is 4.75. The Morgan fingerprint density at radius 3 is 2.51 bits per heavy atom. The number of sulfonamides is 1. The standard InChI is InChI=1S/C31H30ClN3O5S/c1-20-15-24(16-21(2)30(20)32)40-14-6-11-27-26-10-4-3-8-23(26)18-28(27)31(37)34-13-12-29(36)35-41(38,39)25-9-5-7-22(17-25)19-33/h3-5,7-10,15-17H,6,11-14,18H2,1-2H3,(H,34,37)(H,35,36). The number of aryl methyl sites for hydroxylation is 2. The summed E-state index contributed by atoms with van der Waals surface area (Å²) in [5.41, 5.74) is 5.72. The number of rotatable bonds is 11. The first-order valence-electron chi connectivity index (χ1n) is 13.1. The number of nitrogens with zero attached hydrogens (tertiary/aromatic N) is 1. The van der Waals surface area contributed by atoms with Crippen LogP contribution in [0.25, 0.3) is 5.57 Å². The number of hydrogen-bond acceptors (Lipinski definition) is 6. The molecule has 3 aromatic carbocycles. The molecule has 0 aliphatic heterocycles. The molecule has 1 aliphatic carbocycles. The average Bonchev–Trinajstić information content (AvgIpc) is 3.32. The lowest BCUT2D eigenvalue weighted by atomic mass is 10.0. The molecule has 2 amide bonds. The van der Waals surface area contributed by atoms with Crippen molar-refractivity contribution < 1.29 is 22.7 Å². The monoisotopic (exact) mass is 591 g/mol. The van der Waals surface area contributed by atoms with Gasteiger partial charge in [-0.1, -0.05) is 41.9 Å². The largest absolute Gasteiger partial charge is 0.494 e. The zero-order chi connectivity index (χ0) is 29.6. The maximum absolute atomic E-state index is 13.2. The number of benzene rings is 3. The molecule has 2 N–H and O–H groups in total. The number of allylic oxidation sites excluding steroid dienone is 1. The second kappa shape index (κ2) is 13.0. The van der Waals surface area contributed by atoms with E-state index in [4.69, 9.17) is 21.6 Å². The van der Waals surface area contributed by atoms with Gasteiger partial charge in [0.25, 0.3) is 10.0 Å². The smallest absolute Gasteiger partial charge is 0.264 e. The van der Waals surface area contributed by atoms with Crippen LogP contribution in [0, 0.1) is 25.2 Å². The van der Waals surface area contributed by atoms with Gasteiger partial charge in [0.05, 0.1) is 23.1 Å². The van der Waals surface area contributed by atoms with Gasteiger partial charge in [0.2, 0.25) is 11.8 Å². The van der Waals surface area contributed by atoms with Gasteiger partial charge in [-0.2, -0.15) is 5.26 Å².